The summed E-state index contributed by atoms with van der Waals surface area (Å²) >= 11 is 0. The van der Waals surface area contributed by atoms with E-state index in [1.165, 1.54) is 4.68 Å². The SMILES string of the molecule is CCc1c(C)nn(C(=O)c2ccc(NC(=O)c3ccccc3C)cc2)c1C. The van der Waals surface area contributed by atoms with Crippen molar-refractivity contribution in [3.8, 4) is 0 Å². The minimum Gasteiger partial charge on any atom is -0.322 e. The fourth-order valence-corrected chi connectivity index (χ4v) is 3.23. The van der Waals surface area contributed by atoms with Gasteiger partial charge in [-0.15, -0.1) is 0 Å². The van der Waals surface area contributed by atoms with Crippen molar-refractivity contribution in [1.82, 2.24) is 9.78 Å². The van der Waals surface area contributed by atoms with Crippen LogP contribution in [0.5, 0.6) is 0 Å². The average Bonchev–Trinajstić information content (AvgIpc) is 2.95. The number of aromatic nitrogens is 2. The molecule has 0 radical (unpaired) electrons. The number of hydrogen-bond donors (Lipinski definition) is 1. The van der Waals surface area contributed by atoms with Gasteiger partial charge in [-0.1, -0.05) is 25.1 Å². The number of amides is 1. The largest absolute Gasteiger partial charge is 0.322 e. The molecular formula is C22H23N3O2. The molecule has 0 unspecified atom stereocenters. The molecule has 27 heavy (non-hydrogen) atoms. The van der Waals surface area contributed by atoms with E-state index in [-0.39, 0.29) is 11.8 Å². The van der Waals surface area contributed by atoms with Crippen molar-refractivity contribution in [3.05, 3.63) is 82.2 Å². The van der Waals surface area contributed by atoms with E-state index in [1.807, 2.05) is 39.0 Å². The number of rotatable bonds is 4. The summed E-state index contributed by atoms with van der Waals surface area (Å²) in [6, 6.07) is 14.3. The van der Waals surface area contributed by atoms with Gasteiger partial charge in [-0.3, -0.25) is 9.59 Å². The van der Waals surface area contributed by atoms with Gasteiger partial charge in [-0.05, 0) is 68.7 Å². The molecule has 0 aliphatic rings. The average molecular weight is 361 g/mol. The molecule has 0 aliphatic heterocycles. The third kappa shape index (κ3) is 3.67. The lowest BCUT2D eigenvalue weighted by Crippen LogP contribution is -2.16. The summed E-state index contributed by atoms with van der Waals surface area (Å²) in [7, 11) is 0. The quantitative estimate of drug-likeness (QED) is 0.753. The molecule has 0 saturated heterocycles. The summed E-state index contributed by atoms with van der Waals surface area (Å²) in [5, 5.41) is 7.24. The number of hydrogen-bond acceptors (Lipinski definition) is 3. The van der Waals surface area contributed by atoms with Crippen LogP contribution in [0.25, 0.3) is 0 Å². The Morgan fingerprint density at radius 2 is 1.67 bits per heavy atom. The number of carbonyl (C=O) groups excluding carboxylic acids is 2. The molecule has 3 rings (SSSR count). The summed E-state index contributed by atoms with van der Waals surface area (Å²) in [6.07, 6.45) is 0.842. The highest BCUT2D eigenvalue weighted by molar-refractivity contribution is 6.05. The van der Waals surface area contributed by atoms with Gasteiger partial charge in [0, 0.05) is 22.5 Å². The van der Waals surface area contributed by atoms with E-state index < -0.39 is 0 Å². The van der Waals surface area contributed by atoms with Crippen molar-refractivity contribution in [3.63, 3.8) is 0 Å². The second-order valence-corrected chi connectivity index (χ2v) is 6.57. The Hall–Kier alpha value is -3.21. The maximum absolute atomic E-state index is 12.8. The van der Waals surface area contributed by atoms with Crippen molar-refractivity contribution in [2.45, 2.75) is 34.1 Å². The van der Waals surface area contributed by atoms with Crippen LogP contribution in [0.2, 0.25) is 0 Å². The van der Waals surface area contributed by atoms with E-state index in [1.54, 1.807) is 30.3 Å². The van der Waals surface area contributed by atoms with Crippen LogP contribution in [0.4, 0.5) is 5.69 Å². The van der Waals surface area contributed by atoms with Gasteiger partial charge >= 0.3 is 0 Å². The third-order valence-corrected chi connectivity index (χ3v) is 4.77. The predicted octanol–water partition coefficient (Wildman–Crippen LogP) is 4.31. The molecule has 0 atom stereocenters. The summed E-state index contributed by atoms with van der Waals surface area (Å²) in [6.45, 7) is 7.78. The molecule has 1 amide bonds. The van der Waals surface area contributed by atoms with Gasteiger partial charge in [-0.25, -0.2) is 4.68 Å². The molecule has 0 fully saturated rings. The zero-order valence-corrected chi connectivity index (χ0v) is 16.0. The molecule has 5 heteroatoms. The fraction of sp³-hybridized carbons (Fsp3) is 0.227. The summed E-state index contributed by atoms with van der Waals surface area (Å²) in [5.41, 5.74) is 5.57. The highest BCUT2D eigenvalue weighted by Crippen LogP contribution is 2.17. The van der Waals surface area contributed by atoms with Crippen molar-refractivity contribution >= 4 is 17.5 Å². The third-order valence-electron chi connectivity index (χ3n) is 4.77. The van der Waals surface area contributed by atoms with Crippen LogP contribution in [0.15, 0.2) is 48.5 Å². The Morgan fingerprint density at radius 1 is 1.00 bits per heavy atom. The van der Waals surface area contributed by atoms with E-state index in [0.717, 1.165) is 28.9 Å². The van der Waals surface area contributed by atoms with Crippen LogP contribution < -0.4 is 5.32 Å². The highest BCUT2D eigenvalue weighted by atomic mass is 16.2. The van der Waals surface area contributed by atoms with Gasteiger partial charge in [0.05, 0.1) is 5.69 Å². The maximum Gasteiger partial charge on any atom is 0.278 e. The van der Waals surface area contributed by atoms with Crippen LogP contribution in [-0.4, -0.2) is 21.6 Å². The van der Waals surface area contributed by atoms with Gasteiger partial charge in [0.25, 0.3) is 11.8 Å². The summed E-state index contributed by atoms with van der Waals surface area (Å²) < 4.78 is 1.45. The number of carbonyl (C=O) groups is 2. The lowest BCUT2D eigenvalue weighted by Gasteiger charge is -2.09. The normalized spacial score (nSPS) is 10.7. The lowest BCUT2D eigenvalue weighted by atomic mass is 10.1. The van der Waals surface area contributed by atoms with Crippen molar-refractivity contribution in [2.24, 2.45) is 0 Å². The molecular weight excluding hydrogens is 338 g/mol. The molecule has 3 aromatic rings. The molecule has 0 bridgehead atoms. The topological polar surface area (TPSA) is 64.0 Å². The Labute approximate surface area is 159 Å². The predicted molar refractivity (Wildman–Crippen MR) is 106 cm³/mol. The minimum atomic E-state index is -0.174. The Balaban J connectivity index is 1.78. The van der Waals surface area contributed by atoms with Crippen molar-refractivity contribution in [1.29, 1.82) is 0 Å². The second kappa shape index (κ2) is 7.58. The highest BCUT2D eigenvalue weighted by Gasteiger charge is 2.17. The number of anilines is 1. The Morgan fingerprint density at radius 3 is 2.26 bits per heavy atom. The van der Waals surface area contributed by atoms with Crippen molar-refractivity contribution in [2.75, 3.05) is 5.32 Å². The van der Waals surface area contributed by atoms with Gasteiger partial charge in [0.15, 0.2) is 0 Å². The van der Waals surface area contributed by atoms with E-state index in [9.17, 15) is 9.59 Å². The Kier molecular flexibility index (Phi) is 5.21. The van der Waals surface area contributed by atoms with Crippen LogP contribution in [0.3, 0.4) is 0 Å². The van der Waals surface area contributed by atoms with Crippen LogP contribution in [-0.2, 0) is 6.42 Å². The molecule has 1 aromatic heterocycles. The maximum atomic E-state index is 12.8. The number of benzene rings is 2. The first kappa shape index (κ1) is 18.6. The van der Waals surface area contributed by atoms with Gasteiger partial charge in [-0.2, -0.15) is 5.10 Å². The van der Waals surface area contributed by atoms with Crippen molar-refractivity contribution < 1.29 is 9.59 Å². The van der Waals surface area contributed by atoms with E-state index >= 15 is 0 Å². The first-order chi connectivity index (χ1) is 12.9. The van der Waals surface area contributed by atoms with Crippen LogP contribution >= 0.6 is 0 Å². The molecule has 5 nitrogen and oxygen atoms in total. The number of nitrogens with one attached hydrogen (secondary N) is 1. The fourth-order valence-electron chi connectivity index (χ4n) is 3.23. The standard InChI is InChI=1S/C22H23N3O2/c1-5-19-15(3)24-25(16(19)4)22(27)17-10-12-18(13-11-17)23-21(26)20-9-7-6-8-14(20)2/h6-13H,5H2,1-4H3,(H,23,26). The van der Waals surface area contributed by atoms with Gasteiger partial charge in [0.1, 0.15) is 0 Å². The molecule has 1 N–H and O–H groups in total. The molecule has 0 spiro atoms. The zero-order valence-electron chi connectivity index (χ0n) is 16.0. The first-order valence-corrected chi connectivity index (χ1v) is 8.99. The zero-order chi connectivity index (χ0) is 19.6. The van der Waals surface area contributed by atoms with E-state index in [2.05, 4.69) is 17.3 Å². The monoisotopic (exact) mass is 361 g/mol. The first-order valence-electron chi connectivity index (χ1n) is 8.99. The molecule has 0 aliphatic carbocycles. The van der Waals surface area contributed by atoms with E-state index in [0.29, 0.717) is 16.8 Å². The number of nitrogens with zero attached hydrogens (tertiary/aromatic N) is 2. The minimum absolute atomic E-state index is 0.168. The smallest absolute Gasteiger partial charge is 0.278 e. The molecule has 2 aromatic carbocycles. The second-order valence-electron chi connectivity index (χ2n) is 6.57. The molecule has 138 valence electrons. The van der Waals surface area contributed by atoms with Gasteiger partial charge in [0.2, 0.25) is 0 Å². The van der Waals surface area contributed by atoms with E-state index in [4.69, 9.17) is 0 Å². The Bertz CT molecular complexity index is 1000. The molecule has 0 saturated carbocycles. The van der Waals surface area contributed by atoms with Crippen LogP contribution in [0, 0.1) is 20.8 Å². The summed E-state index contributed by atoms with van der Waals surface area (Å²) in [5.74, 6) is -0.342. The van der Waals surface area contributed by atoms with Crippen LogP contribution in [0.1, 0.15) is 50.2 Å². The molecule has 1 heterocycles. The summed E-state index contributed by atoms with van der Waals surface area (Å²) in [4.78, 5) is 25.2. The number of aryl methyl sites for hydroxylation is 2. The lowest BCUT2D eigenvalue weighted by molar-refractivity contribution is 0.0941. The van der Waals surface area contributed by atoms with Gasteiger partial charge < -0.3 is 5.32 Å².